The molecule has 0 atom stereocenters. The number of aromatic amines is 1. The van der Waals surface area contributed by atoms with Crippen molar-refractivity contribution < 1.29 is 4.84 Å². The Kier molecular flexibility index (Phi) is 2.92. The van der Waals surface area contributed by atoms with Crippen LogP contribution < -0.4 is 5.48 Å². The van der Waals surface area contributed by atoms with Crippen LogP contribution in [0.3, 0.4) is 0 Å². The van der Waals surface area contributed by atoms with Crippen LogP contribution in [-0.2, 0) is 4.84 Å². The lowest BCUT2D eigenvalue weighted by atomic mass is 10.3. The van der Waals surface area contributed by atoms with Crippen LogP contribution in [0.2, 0.25) is 0 Å². The van der Waals surface area contributed by atoms with E-state index in [0.717, 1.165) is 17.8 Å². The van der Waals surface area contributed by atoms with Gasteiger partial charge in [0.1, 0.15) is 0 Å². The van der Waals surface area contributed by atoms with Crippen LogP contribution in [0, 0.1) is 10.2 Å². The van der Waals surface area contributed by atoms with Gasteiger partial charge in [0.15, 0.2) is 0 Å². The average molecular weight is 236 g/mol. The van der Waals surface area contributed by atoms with Crippen LogP contribution in [0.25, 0.3) is 5.69 Å². The SMILES string of the molecule is N=CONc1ccc(-n2[nH]nnc2=S)cc1. The summed E-state index contributed by atoms with van der Waals surface area (Å²) in [6.45, 7) is 0. The molecule has 1 heterocycles. The van der Waals surface area contributed by atoms with E-state index in [2.05, 4.69) is 25.8 Å². The second kappa shape index (κ2) is 4.53. The summed E-state index contributed by atoms with van der Waals surface area (Å²) >= 11 is 4.96. The van der Waals surface area contributed by atoms with Crippen molar-refractivity contribution >= 4 is 24.3 Å². The standard InChI is InChI=1S/C8H8N6OS/c9-5-15-11-6-1-3-7(4-2-6)14-8(16)10-12-13-14/h1-5,9,11H,(H,10,13,16). The lowest BCUT2D eigenvalue weighted by molar-refractivity contribution is 0.409. The number of nitrogens with one attached hydrogen (secondary N) is 3. The number of nitrogens with zero attached hydrogens (tertiary/aromatic N) is 3. The monoisotopic (exact) mass is 236 g/mol. The molecule has 0 spiro atoms. The molecule has 3 N–H and O–H groups in total. The fourth-order valence-electron chi connectivity index (χ4n) is 1.14. The number of benzene rings is 1. The maximum Gasteiger partial charge on any atom is 0.242 e. The lowest BCUT2D eigenvalue weighted by Crippen LogP contribution is -2.00. The molecule has 2 rings (SSSR count). The predicted molar refractivity (Wildman–Crippen MR) is 60.0 cm³/mol. The molecule has 1 aromatic heterocycles. The van der Waals surface area contributed by atoms with Gasteiger partial charge in [-0.05, 0) is 36.5 Å². The van der Waals surface area contributed by atoms with E-state index in [1.807, 2.05) is 12.1 Å². The van der Waals surface area contributed by atoms with E-state index < -0.39 is 0 Å². The Hall–Kier alpha value is -2.22. The third-order valence-electron chi connectivity index (χ3n) is 1.83. The Morgan fingerprint density at radius 1 is 1.44 bits per heavy atom. The van der Waals surface area contributed by atoms with Crippen LogP contribution >= 0.6 is 12.2 Å². The molecule has 0 aliphatic heterocycles. The predicted octanol–water partition coefficient (Wildman–Crippen LogP) is 1.28. The normalized spacial score (nSPS) is 9.75. The Bertz CT molecular complexity index is 530. The van der Waals surface area contributed by atoms with Crippen molar-refractivity contribution in [3.05, 3.63) is 29.0 Å². The molecule has 8 heteroatoms. The molecule has 82 valence electrons. The molecule has 0 bridgehead atoms. The summed E-state index contributed by atoms with van der Waals surface area (Å²) in [5.41, 5.74) is 4.10. The van der Waals surface area contributed by atoms with Crippen LogP contribution in [-0.4, -0.2) is 26.6 Å². The number of anilines is 1. The molecular weight excluding hydrogens is 228 g/mol. The molecule has 0 unspecified atom stereocenters. The minimum atomic E-state index is 0.358. The Labute approximate surface area is 95.5 Å². The quantitative estimate of drug-likeness (QED) is 0.322. The average Bonchev–Trinajstić information content (AvgIpc) is 2.74. The van der Waals surface area contributed by atoms with E-state index in [9.17, 15) is 0 Å². The van der Waals surface area contributed by atoms with Gasteiger partial charge in [0.05, 0.1) is 11.4 Å². The molecule has 0 saturated carbocycles. The molecule has 0 radical (unpaired) electrons. The van der Waals surface area contributed by atoms with Gasteiger partial charge < -0.3 is 4.84 Å². The van der Waals surface area contributed by atoms with Crippen molar-refractivity contribution in [3.63, 3.8) is 0 Å². The highest BCUT2D eigenvalue weighted by molar-refractivity contribution is 7.71. The molecule has 16 heavy (non-hydrogen) atoms. The summed E-state index contributed by atoms with van der Waals surface area (Å²) in [5, 5.41) is 16.6. The maximum atomic E-state index is 6.69. The topological polar surface area (TPSA) is 91.6 Å². The summed E-state index contributed by atoms with van der Waals surface area (Å²) < 4.78 is 1.92. The van der Waals surface area contributed by atoms with E-state index >= 15 is 0 Å². The second-order valence-corrected chi connectivity index (χ2v) is 3.17. The Morgan fingerprint density at radius 2 is 2.19 bits per heavy atom. The van der Waals surface area contributed by atoms with Crippen LogP contribution in [0.1, 0.15) is 0 Å². The smallest absolute Gasteiger partial charge is 0.242 e. The first-order chi connectivity index (χ1) is 7.81. The molecular formula is C8H8N6OS. The molecule has 0 amide bonds. The minimum absolute atomic E-state index is 0.358. The number of aromatic nitrogens is 4. The zero-order valence-corrected chi connectivity index (χ0v) is 8.86. The number of H-pyrrole nitrogens is 1. The fourth-order valence-corrected chi connectivity index (χ4v) is 1.33. The maximum absolute atomic E-state index is 6.69. The van der Waals surface area contributed by atoms with Crippen molar-refractivity contribution in [2.45, 2.75) is 0 Å². The Morgan fingerprint density at radius 3 is 2.75 bits per heavy atom. The van der Waals surface area contributed by atoms with Crippen molar-refractivity contribution in [3.8, 4) is 5.69 Å². The van der Waals surface area contributed by atoms with Crippen LogP contribution in [0.4, 0.5) is 5.69 Å². The molecule has 7 nitrogen and oxygen atoms in total. The Balaban J connectivity index is 2.23. The highest BCUT2D eigenvalue weighted by atomic mass is 32.1. The van der Waals surface area contributed by atoms with Gasteiger partial charge in [-0.3, -0.25) is 5.41 Å². The highest BCUT2D eigenvalue weighted by Crippen LogP contribution is 2.11. The largest absolute Gasteiger partial charge is 0.370 e. The second-order valence-electron chi connectivity index (χ2n) is 2.80. The van der Waals surface area contributed by atoms with Crippen LogP contribution in [0.15, 0.2) is 24.3 Å². The van der Waals surface area contributed by atoms with Crippen LogP contribution in [0.5, 0.6) is 0 Å². The summed E-state index contributed by atoms with van der Waals surface area (Å²) in [6, 6.07) is 7.18. The zero-order chi connectivity index (χ0) is 11.4. The van der Waals surface area contributed by atoms with E-state index in [4.69, 9.17) is 17.6 Å². The number of tetrazole rings is 1. The molecule has 0 aliphatic rings. The summed E-state index contributed by atoms with van der Waals surface area (Å²) in [6.07, 6.45) is 0.808. The first-order valence-corrected chi connectivity index (χ1v) is 4.73. The minimum Gasteiger partial charge on any atom is -0.370 e. The zero-order valence-electron chi connectivity index (χ0n) is 8.04. The summed E-state index contributed by atoms with van der Waals surface area (Å²) in [7, 11) is 0. The fraction of sp³-hybridized carbons (Fsp3) is 0. The molecule has 1 aromatic carbocycles. The van der Waals surface area contributed by atoms with E-state index in [1.54, 1.807) is 16.8 Å². The van der Waals surface area contributed by atoms with Crippen molar-refractivity contribution in [2.75, 3.05) is 5.48 Å². The number of hydrogen-bond donors (Lipinski definition) is 3. The van der Waals surface area contributed by atoms with E-state index in [-0.39, 0.29) is 0 Å². The van der Waals surface area contributed by atoms with Gasteiger partial charge in [-0.2, -0.15) is 5.21 Å². The van der Waals surface area contributed by atoms with Crippen molar-refractivity contribution in [1.82, 2.24) is 20.2 Å². The first-order valence-electron chi connectivity index (χ1n) is 4.32. The first kappa shape index (κ1) is 10.3. The summed E-state index contributed by atoms with van der Waals surface area (Å²) in [5.74, 6) is 0. The highest BCUT2D eigenvalue weighted by Gasteiger charge is 1.99. The van der Waals surface area contributed by atoms with Gasteiger partial charge in [-0.15, -0.1) is 0 Å². The van der Waals surface area contributed by atoms with Gasteiger partial charge in [-0.25, -0.2) is 10.2 Å². The van der Waals surface area contributed by atoms with E-state index in [1.165, 1.54) is 0 Å². The van der Waals surface area contributed by atoms with Crippen molar-refractivity contribution in [2.24, 2.45) is 0 Å². The third kappa shape index (κ3) is 2.06. The van der Waals surface area contributed by atoms with E-state index in [0.29, 0.717) is 4.77 Å². The summed E-state index contributed by atoms with van der Waals surface area (Å²) in [4.78, 5) is 4.61. The van der Waals surface area contributed by atoms with Crippen molar-refractivity contribution in [1.29, 1.82) is 5.41 Å². The van der Waals surface area contributed by atoms with Gasteiger partial charge in [0.25, 0.3) is 0 Å². The third-order valence-corrected chi connectivity index (χ3v) is 2.10. The number of hydrogen-bond acceptors (Lipinski definition) is 6. The van der Waals surface area contributed by atoms with Gasteiger partial charge in [0, 0.05) is 0 Å². The van der Waals surface area contributed by atoms with Gasteiger partial charge in [0.2, 0.25) is 11.2 Å². The number of rotatable bonds is 4. The molecule has 0 aliphatic carbocycles. The molecule has 2 aromatic rings. The molecule has 0 saturated heterocycles. The van der Waals surface area contributed by atoms with Gasteiger partial charge >= 0.3 is 0 Å². The molecule has 0 fully saturated rings. The lowest BCUT2D eigenvalue weighted by Gasteiger charge is -2.04. The van der Waals surface area contributed by atoms with Gasteiger partial charge in [-0.1, -0.05) is 10.3 Å².